The van der Waals surface area contributed by atoms with Crippen LogP contribution in [0.1, 0.15) is 29.2 Å². The van der Waals surface area contributed by atoms with Crippen LogP contribution in [0.2, 0.25) is 0 Å². The van der Waals surface area contributed by atoms with Crippen LogP contribution < -0.4 is 5.32 Å². The fourth-order valence-corrected chi connectivity index (χ4v) is 2.56. The van der Waals surface area contributed by atoms with Crippen LogP contribution in [0.25, 0.3) is 0 Å². The van der Waals surface area contributed by atoms with Crippen molar-refractivity contribution in [2.24, 2.45) is 0 Å². The Morgan fingerprint density at radius 2 is 1.96 bits per heavy atom. The van der Waals surface area contributed by atoms with Crippen LogP contribution >= 0.6 is 0 Å². The van der Waals surface area contributed by atoms with E-state index in [-0.39, 0.29) is 18.8 Å². The molecule has 1 atom stereocenters. The van der Waals surface area contributed by atoms with E-state index < -0.39 is 47.8 Å². The van der Waals surface area contributed by atoms with Gasteiger partial charge in [-0.25, -0.2) is 13.2 Å². The van der Waals surface area contributed by atoms with Gasteiger partial charge in [0.1, 0.15) is 5.84 Å². The van der Waals surface area contributed by atoms with Crippen molar-refractivity contribution in [1.82, 2.24) is 10.3 Å². The maximum atomic E-state index is 14.2. The molecule has 1 fully saturated rings. The fourth-order valence-electron chi connectivity index (χ4n) is 2.56. The SMILES string of the molecule is N=C(NC(CO)c1ccccn1)c1cc(C2OCCO2)c(F)c(F)c1F. The number of nitrogens with one attached hydrogen (secondary N) is 2. The van der Waals surface area contributed by atoms with E-state index in [1.54, 1.807) is 18.2 Å². The zero-order valence-corrected chi connectivity index (χ0v) is 13.5. The van der Waals surface area contributed by atoms with Crippen molar-refractivity contribution in [2.75, 3.05) is 19.8 Å². The van der Waals surface area contributed by atoms with Crippen molar-refractivity contribution < 1.29 is 27.8 Å². The summed E-state index contributed by atoms with van der Waals surface area (Å²) < 4.78 is 52.4. The molecular formula is C17H16F3N3O3. The molecule has 0 aliphatic carbocycles. The lowest BCUT2D eigenvalue weighted by Crippen LogP contribution is -2.32. The molecule has 3 rings (SSSR count). The van der Waals surface area contributed by atoms with Crippen molar-refractivity contribution >= 4 is 5.84 Å². The Labute approximate surface area is 147 Å². The second kappa shape index (κ2) is 7.81. The summed E-state index contributed by atoms with van der Waals surface area (Å²) in [4.78, 5) is 4.04. The minimum absolute atomic E-state index is 0.195. The standard InChI is InChI=1S/C17H16F3N3O3/c18-13-9(7-10(14(19)15(13)20)17-25-5-6-26-17)16(21)23-12(8-24)11-3-1-2-4-22-11/h1-4,7,12,17,24H,5-6,8H2,(H2,21,23). The first kappa shape index (κ1) is 18.3. The minimum atomic E-state index is -1.72. The molecular weight excluding hydrogens is 351 g/mol. The number of aliphatic hydroxyl groups is 1. The van der Waals surface area contributed by atoms with Gasteiger partial charge < -0.3 is 19.9 Å². The number of pyridine rings is 1. The van der Waals surface area contributed by atoms with E-state index in [9.17, 15) is 18.3 Å². The Hall–Kier alpha value is -2.49. The average molecular weight is 367 g/mol. The first-order valence-corrected chi connectivity index (χ1v) is 7.80. The quantitative estimate of drug-likeness (QED) is 0.428. The van der Waals surface area contributed by atoms with Gasteiger partial charge in [-0.15, -0.1) is 0 Å². The van der Waals surface area contributed by atoms with Crippen molar-refractivity contribution in [2.45, 2.75) is 12.3 Å². The predicted molar refractivity (Wildman–Crippen MR) is 85.0 cm³/mol. The summed E-state index contributed by atoms with van der Waals surface area (Å²) in [6, 6.07) is 5.10. The van der Waals surface area contributed by atoms with Gasteiger partial charge in [0.2, 0.25) is 0 Å². The van der Waals surface area contributed by atoms with Crippen molar-refractivity contribution in [3.8, 4) is 0 Å². The van der Waals surface area contributed by atoms with Crippen LogP contribution in [-0.4, -0.2) is 35.7 Å². The Morgan fingerprint density at radius 3 is 2.58 bits per heavy atom. The summed E-state index contributed by atoms with van der Waals surface area (Å²) in [5.74, 6) is -5.19. The van der Waals surface area contributed by atoms with Crippen LogP contribution in [-0.2, 0) is 9.47 Å². The summed E-state index contributed by atoms with van der Waals surface area (Å²) in [6.45, 7) is -0.0484. The molecule has 6 nitrogen and oxygen atoms in total. The summed E-state index contributed by atoms with van der Waals surface area (Å²) in [7, 11) is 0. The van der Waals surface area contributed by atoms with Gasteiger partial charge in [-0.05, 0) is 18.2 Å². The largest absolute Gasteiger partial charge is 0.394 e. The molecule has 1 unspecified atom stereocenters. The van der Waals surface area contributed by atoms with Gasteiger partial charge in [-0.1, -0.05) is 6.07 Å². The Bertz CT molecular complexity index is 799. The molecule has 0 saturated carbocycles. The Morgan fingerprint density at radius 1 is 1.23 bits per heavy atom. The number of ether oxygens (including phenoxy) is 2. The molecule has 138 valence electrons. The lowest BCUT2D eigenvalue weighted by Gasteiger charge is -2.19. The highest BCUT2D eigenvalue weighted by molar-refractivity contribution is 5.97. The molecule has 1 aromatic heterocycles. The van der Waals surface area contributed by atoms with Crippen molar-refractivity contribution in [3.05, 3.63) is 64.7 Å². The maximum Gasteiger partial charge on any atom is 0.195 e. The van der Waals surface area contributed by atoms with Gasteiger partial charge >= 0.3 is 0 Å². The Balaban J connectivity index is 1.91. The molecule has 1 aliphatic rings. The van der Waals surface area contributed by atoms with E-state index in [1.165, 1.54) is 6.20 Å². The van der Waals surface area contributed by atoms with Gasteiger partial charge in [0.05, 0.1) is 37.1 Å². The topological polar surface area (TPSA) is 87.5 Å². The molecule has 0 radical (unpaired) electrons. The maximum absolute atomic E-state index is 14.2. The molecule has 0 bridgehead atoms. The van der Waals surface area contributed by atoms with Crippen molar-refractivity contribution in [3.63, 3.8) is 0 Å². The number of hydrogen-bond acceptors (Lipinski definition) is 5. The van der Waals surface area contributed by atoms with Crippen molar-refractivity contribution in [1.29, 1.82) is 5.41 Å². The lowest BCUT2D eigenvalue weighted by atomic mass is 10.1. The number of halogens is 3. The molecule has 0 amide bonds. The van der Waals surface area contributed by atoms with Crippen LogP contribution in [0, 0.1) is 22.9 Å². The number of hydrogen-bond donors (Lipinski definition) is 3. The van der Waals surface area contributed by atoms with Crippen LogP contribution in [0.5, 0.6) is 0 Å². The van der Waals surface area contributed by atoms with Crippen LogP contribution in [0.15, 0.2) is 30.5 Å². The van der Waals surface area contributed by atoms with E-state index in [2.05, 4.69) is 10.3 Å². The third-order valence-electron chi connectivity index (χ3n) is 3.87. The molecule has 1 aliphatic heterocycles. The summed E-state index contributed by atoms with van der Waals surface area (Å²) in [6.07, 6.45) is 0.329. The highest BCUT2D eigenvalue weighted by Crippen LogP contribution is 2.30. The second-order valence-corrected chi connectivity index (χ2v) is 5.54. The monoisotopic (exact) mass is 367 g/mol. The second-order valence-electron chi connectivity index (χ2n) is 5.54. The third-order valence-corrected chi connectivity index (χ3v) is 3.87. The molecule has 0 spiro atoms. The Kier molecular flexibility index (Phi) is 5.50. The van der Waals surface area contributed by atoms with E-state index in [1.807, 2.05) is 0 Å². The molecule has 3 N–H and O–H groups in total. The first-order chi connectivity index (χ1) is 12.5. The van der Waals surface area contributed by atoms with Gasteiger partial charge in [0.25, 0.3) is 0 Å². The van der Waals surface area contributed by atoms with Crippen LogP contribution in [0.3, 0.4) is 0 Å². The molecule has 9 heteroatoms. The highest BCUT2D eigenvalue weighted by atomic mass is 19.2. The van der Waals surface area contributed by atoms with Gasteiger partial charge in [0.15, 0.2) is 23.7 Å². The smallest absolute Gasteiger partial charge is 0.195 e. The highest BCUT2D eigenvalue weighted by Gasteiger charge is 2.29. The van der Waals surface area contributed by atoms with E-state index in [0.29, 0.717) is 5.69 Å². The number of aromatic nitrogens is 1. The molecule has 2 heterocycles. The average Bonchev–Trinajstić information content (AvgIpc) is 3.19. The zero-order chi connectivity index (χ0) is 18.7. The first-order valence-electron chi connectivity index (χ1n) is 7.80. The lowest BCUT2D eigenvalue weighted by molar-refractivity contribution is -0.0469. The van der Waals surface area contributed by atoms with E-state index >= 15 is 0 Å². The number of nitrogens with zero attached hydrogens (tertiary/aromatic N) is 1. The normalized spacial score (nSPS) is 15.8. The predicted octanol–water partition coefficient (Wildman–Crippen LogP) is 2.19. The summed E-state index contributed by atoms with van der Waals surface area (Å²) >= 11 is 0. The summed E-state index contributed by atoms with van der Waals surface area (Å²) in [5.41, 5.74) is -0.431. The van der Waals surface area contributed by atoms with Gasteiger partial charge in [-0.2, -0.15) is 0 Å². The summed E-state index contributed by atoms with van der Waals surface area (Å²) in [5, 5.41) is 20.1. The van der Waals surface area contributed by atoms with E-state index in [0.717, 1.165) is 6.07 Å². The zero-order valence-electron chi connectivity index (χ0n) is 13.5. The van der Waals surface area contributed by atoms with E-state index in [4.69, 9.17) is 14.9 Å². The molecule has 1 aromatic carbocycles. The molecule has 1 saturated heterocycles. The van der Waals surface area contributed by atoms with Crippen LogP contribution in [0.4, 0.5) is 13.2 Å². The number of amidine groups is 1. The number of benzene rings is 1. The van der Waals surface area contributed by atoms with Gasteiger partial charge in [-0.3, -0.25) is 10.4 Å². The number of rotatable bonds is 5. The fraction of sp³-hybridized carbons (Fsp3) is 0.294. The minimum Gasteiger partial charge on any atom is -0.394 e. The molecule has 2 aromatic rings. The van der Waals surface area contributed by atoms with Gasteiger partial charge in [0, 0.05) is 11.8 Å². The molecule has 26 heavy (non-hydrogen) atoms. The number of aliphatic hydroxyl groups excluding tert-OH is 1. The third kappa shape index (κ3) is 3.55.